The number of hydrogen-bond acceptors (Lipinski definition) is 2. The molecule has 34 heavy (non-hydrogen) atoms. The fourth-order valence-corrected chi connectivity index (χ4v) is 5.53. The molecule has 1 fully saturated rings. The van der Waals surface area contributed by atoms with E-state index >= 15 is 0 Å². The fourth-order valence-electron chi connectivity index (χ4n) is 4.92. The number of benzene rings is 2. The Bertz CT molecular complexity index is 1310. The summed E-state index contributed by atoms with van der Waals surface area (Å²) in [4.78, 5) is 6.92. The molecule has 0 radical (unpaired) electrons. The number of hydrogen-bond donors (Lipinski definition) is 1. The molecule has 0 aliphatic carbocycles. The third-order valence-corrected chi connectivity index (χ3v) is 7.44. The first-order valence-electron chi connectivity index (χ1n) is 11.5. The van der Waals surface area contributed by atoms with Crippen LogP contribution < -0.4 is 10.2 Å². The number of nitrogens with zero attached hydrogens (tertiary/aromatic N) is 3. The minimum atomic E-state index is -0.0613. The molecule has 2 atom stereocenters. The molecule has 1 N–H and O–H groups in total. The maximum Gasteiger partial charge on any atom is 0.174 e. The first-order valence-corrected chi connectivity index (χ1v) is 12.7. The third kappa shape index (κ3) is 4.05. The molecule has 4 aromatic rings. The Balaban J connectivity index is 1.65. The van der Waals surface area contributed by atoms with Crippen LogP contribution in [-0.2, 0) is 6.42 Å². The van der Waals surface area contributed by atoms with E-state index in [0.717, 1.165) is 22.3 Å². The van der Waals surface area contributed by atoms with Crippen molar-refractivity contribution in [3.8, 4) is 5.69 Å². The number of anilines is 1. The van der Waals surface area contributed by atoms with E-state index in [-0.39, 0.29) is 12.1 Å². The van der Waals surface area contributed by atoms with E-state index in [9.17, 15) is 0 Å². The van der Waals surface area contributed by atoms with Gasteiger partial charge in [-0.3, -0.25) is 4.98 Å². The summed E-state index contributed by atoms with van der Waals surface area (Å²) in [6.45, 7) is 6.56. The summed E-state index contributed by atoms with van der Waals surface area (Å²) in [5.74, 6) is 0. The third-order valence-electron chi connectivity index (χ3n) is 6.59. The smallest absolute Gasteiger partial charge is 0.174 e. The van der Waals surface area contributed by atoms with Crippen LogP contribution in [0.1, 0.15) is 47.2 Å². The van der Waals surface area contributed by atoms with Crippen molar-refractivity contribution in [2.24, 2.45) is 0 Å². The molecule has 5 rings (SSSR count). The quantitative estimate of drug-likeness (QED) is 0.282. The highest BCUT2D eigenvalue weighted by molar-refractivity contribution is 9.10. The highest BCUT2D eigenvalue weighted by atomic mass is 79.9. The molecule has 2 aromatic carbocycles. The van der Waals surface area contributed by atoms with E-state index in [4.69, 9.17) is 12.2 Å². The van der Waals surface area contributed by atoms with E-state index in [2.05, 4.69) is 117 Å². The van der Waals surface area contributed by atoms with Crippen molar-refractivity contribution in [2.45, 2.75) is 39.3 Å². The van der Waals surface area contributed by atoms with E-state index in [0.29, 0.717) is 5.11 Å². The summed E-state index contributed by atoms with van der Waals surface area (Å²) < 4.78 is 3.38. The molecule has 0 bridgehead atoms. The summed E-state index contributed by atoms with van der Waals surface area (Å²) in [6.07, 6.45) is 2.88. The van der Waals surface area contributed by atoms with Crippen LogP contribution in [-0.4, -0.2) is 14.7 Å². The topological polar surface area (TPSA) is 33.1 Å². The van der Waals surface area contributed by atoms with Crippen molar-refractivity contribution in [3.05, 3.63) is 112 Å². The molecule has 1 aliphatic rings. The maximum absolute atomic E-state index is 5.88. The van der Waals surface area contributed by atoms with Gasteiger partial charge in [-0.1, -0.05) is 41.1 Å². The van der Waals surface area contributed by atoms with Crippen LogP contribution in [0.4, 0.5) is 5.69 Å². The van der Waals surface area contributed by atoms with Crippen molar-refractivity contribution >= 4 is 38.9 Å². The van der Waals surface area contributed by atoms with Crippen molar-refractivity contribution in [3.63, 3.8) is 0 Å². The number of thiocarbonyl (C=S) groups is 1. The Hall–Kier alpha value is -2.96. The fraction of sp³-hybridized carbons (Fsp3) is 0.214. The van der Waals surface area contributed by atoms with Gasteiger partial charge in [0.2, 0.25) is 0 Å². The molecule has 3 heterocycles. The summed E-state index contributed by atoms with van der Waals surface area (Å²) in [5, 5.41) is 4.27. The molecule has 6 heteroatoms. The van der Waals surface area contributed by atoms with E-state index in [1.807, 2.05) is 18.3 Å². The van der Waals surface area contributed by atoms with Crippen molar-refractivity contribution in [2.75, 3.05) is 4.90 Å². The zero-order valence-corrected chi connectivity index (χ0v) is 21.9. The van der Waals surface area contributed by atoms with Gasteiger partial charge in [0.05, 0.1) is 17.8 Å². The zero-order valence-electron chi connectivity index (χ0n) is 19.5. The Kier molecular flexibility index (Phi) is 6.28. The molecular weight excluding hydrogens is 504 g/mol. The molecule has 0 amide bonds. The molecule has 0 spiro atoms. The van der Waals surface area contributed by atoms with Crippen molar-refractivity contribution in [1.82, 2.24) is 14.9 Å². The van der Waals surface area contributed by atoms with Crippen LogP contribution >= 0.6 is 28.1 Å². The van der Waals surface area contributed by atoms with E-state index in [1.54, 1.807) is 0 Å². The summed E-state index contributed by atoms with van der Waals surface area (Å²) in [5.41, 5.74) is 8.20. The van der Waals surface area contributed by atoms with Gasteiger partial charge in [0.15, 0.2) is 5.11 Å². The standard InChI is InChI=1S/C28H27BrN4S/c1-4-20-8-12-22(13-9-20)32-18(2)17-24(19(32)3)27-26(25-7-5-6-16-30-25)31-28(34)33(27)23-14-10-21(29)11-15-23/h5-17,26-27H,4H2,1-3H3,(H,31,34)/t26-,27-/m0/s1. The lowest BCUT2D eigenvalue weighted by Crippen LogP contribution is -2.29. The van der Waals surface area contributed by atoms with Gasteiger partial charge in [0.25, 0.3) is 0 Å². The molecule has 1 saturated heterocycles. The van der Waals surface area contributed by atoms with Crippen LogP contribution in [0.2, 0.25) is 0 Å². The van der Waals surface area contributed by atoms with Crippen molar-refractivity contribution in [1.29, 1.82) is 0 Å². The van der Waals surface area contributed by atoms with Crippen LogP contribution in [0, 0.1) is 13.8 Å². The highest BCUT2D eigenvalue weighted by Crippen LogP contribution is 2.43. The Morgan fingerprint density at radius 3 is 2.32 bits per heavy atom. The number of nitrogens with one attached hydrogen (secondary N) is 1. The van der Waals surface area contributed by atoms with Crippen LogP contribution in [0.25, 0.3) is 5.69 Å². The van der Waals surface area contributed by atoms with Crippen molar-refractivity contribution < 1.29 is 0 Å². The van der Waals surface area contributed by atoms with E-state index in [1.165, 1.54) is 28.2 Å². The lowest BCUT2D eigenvalue weighted by Gasteiger charge is -2.28. The Labute approximate surface area is 214 Å². The molecule has 2 aromatic heterocycles. The predicted molar refractivity (Wildman–Crippen MR) is 147 cm³/mol. The maximum atomic E-state index is 5.88. The second-order valence-corrected chi connectivity index (χ2v) is 9.96. The minimum Gasteiger partial charge on any atom is -0.351 e. The van der Waals surface area contributed by atoms with Crippen LogP contribution in [0.15, 0.2) is 83.5 Å². The minimum absolute atomic E-state index is 0.0292. The average molecular weight is 532 g/mol. The first-order chi connectivity index (χ1) is 16.5. The summed E-state index contributed by atoms with van der Waals surface area (Å²) in [7, 11) is 0. The number of pyridine rings is 1. The zero-order chi connectivity index (χ0) is 23.8. The number of rotatable bonds is 5. The predicted octanol–water partition coefficient (Wildman–Crippen LogP) is 6.99. The van der Waals surface area contributed by atoms with Gasteiger partial charge < -0.3 is 14.8 Å². The molecule has 1 aliphatic heterocycles. The normalized spacial score (nSPS) is 17.8. The molecular formula is C28H27BrN4S. The van der Waals surface area contributed by atoms with Crippen LogP contribution in [0.5, 0.6) is 0 Å². The van der Waals surface area contributed by atoms with Gasteiger partial charge >= 0.3 is 0 Å². The van der Waals surface area contributed by atoms with Gasteiger partial charge in [-0.25, -0.2) is 0 Å². The average Bonchev–Trinajstić information content (AvgIpc) is 3.35. The monoisotopic (exact) mass is 530 g/mol. The first kappa shape index (κ1) is 22.8. The van der Waals surface area contributed by atoms with Gasteiger partial charge in [0, 0.05) is 33.4 Å². The van der Waals surface area contributed by atoms with Gasteiger partial charge in [0.1, 0.15) is 0 Å². The summed E-state index contributed by atoms with van der Waals surface area (Å²) in [6, 6.07) is 25.4. The Morgan fingerprint density at radius 2 is 1.68 bits per heavy atom. The number of halogens is 1. The van der Waals surface area contributed by atoms with Gasteiger partial charge in [-0.15, -0.1) is 0 Å². The lowest BCUT2D eigenvalue weighted by molar-refractivity contribution is 0.565. The second kappa shape index (κ2) is 9.35. The highest BCUT2D eigenvalue weighted by Gasteiger charge is 2.42. The molecule has 0 unspecified atom stereocenters. The van der Waals surface area contributed by atoms with Gasteiger partial charge in [-0.2, -0.15) is 0 Å². The van der Waals surface area contributed by atoms with Gasteiger partial charge in [-0.05, 0) is 98.2 Å². The summed E-state index contributed by atoms with van der Waals surface area (Å²) >= 11 is 9.44. The Morgan fingerprint density at radius 1 is 0.971 bits per heavy atom. The second-order valence-electron chi connectivity index (χ2n) is 8.65. The molecule has 4 nitrogen and oxygen atoms in total. The number of aryl methyl sites for hydroxylation is 2. The van der Waals surface area contributed by atoms with E-state index < -0.39 is 0 Å². The van der Waals surface area contributed by atoms with Crippen LogP contribution in [0.3, 0.4) is 0 Å². The SMILES string of the molecule is CCc1ccc(-n2c(C)cc([C@H]3[C@H](c4ccccn4)NC(=S)N3c3ccc(Br)cc3)c2C)cc1. The largest absolute Gasteiger partial charge is 0.351 e. The molecule has 0 saturated carbocycles. The lowest BCUT2D eigenvalue weighted by atomic mass is 9.96. The molecule has 172 valence electrons. The number of aromatic nitrogens is 2.